The molecule has 2 aromatic rings. The van der Waals surface area contributed by atoms with Crippen LogP contribution in [0.25, 0.3) is 10.2 Å². The van der Waals surface area contributed by atoms with E-state index in [1.165, 1.54) is 10.4 Å². The summed E-state index contributed by atoms with van der Waals surface area (Å²) in [7, 11) is 2.05. The highest BCUT2D eigenvalue weighted by atomic mass is 32.1. The minimum atomic E-state index is 0.671. The van der Waals surface area contributed by atoms with Crippen molar-refractivity contribution in [3.05, 3.63) is 23.2 Å². The summed E-state index contributed by atoms with van der Waals surface area (Å²) in [5.74, 6) is 0. The molecular weight excluding hydrogens is 206 g/mol. The number of benzene rings is 1. The Hall–Kier alpha value is -1.13. The van der Waals surface area contributed by atoms with Crippen molar-refractivity contribution in [2.45, 2.75) is 6.92 Å². The number of anilines is 1. The van der Waals surface area contributed by atoms with Gasteiger partial charge in [-0.2, -0.15) is 0 Å². The molecule has 80 valence electrons. The van der Waals surface area contributed by atoms with Gasteiger partial charge in [0.2, 0.25) is 0 Å². The normalized spacial score (nSPS) is 10.9. The topological polar surface area (TPSA) is 42.2 Å². The van der Waals surface area contributed by atoms with E-state index in [1.54, 1.807) is 11.3 Å². The molecule has 0 spiro atoms. The monoisotopic (exact) mass is 221 g/mol. The molecule has 0 aliphatic rings. The van der Waals surface area contributed by atoms with Crippen LogP contribution >= 0.6 is 11.3 Å². The number of nitrogens with zero attached hydrogens (tertiary/aromatic N) is 2. The van der Waals surface area contributed by atoms with Gasteiger partial charge in [0.1, 0.15) is 0 Å². The molecule has 1 aromatic carbocycles. The number of hydrogen-bond donors (Lipinski definition) is 1. The summed E-state index contributed by atoms with van der Waals surface area (Å²) in [5.41, 5.74) is 7.79. The van der Waals surface area contributed by atoms with Gasteiger partial charge in [0.15, 0.2) is 0 Å². The van der Waals surface area contributed by atoms with Gasteiger partial charge in [-0.25, -0.2) is 4.98 Å². The number of hydrogen-bond acceptors (Lipinski definition) is 4. The molecule has 0 unspecified atom stereocenters. The van der Waals surface area contributed by atoms with Gasteiger partial charge >= 0.3 is 0 Å². The van der Waals surface area contributed by atoms with Crippen LogP contribution in [-0.4, -0.2) is 25.1 Å². The molecule has 3 nitrogen and oxygen atoms in total. The molecular formula is C11H15N3S. The fraction of sp³-hybridized carbons (Fsp3) is 0.364. The first kappa shape index (κ1) is 10.4. The predicted octanol–water partition coefficient (Wildman–Crippen LogP) is 2.00. The van der Waals surface area contributed by atoms with Crippen LogP contribution in [-0.2, 0) is 0 Å². The Balaban J connectivity index is 2.37. The van der Waals surface area contributed by atoms with Gasteiger partial charge in [0, 0.05) is 25.8 Å². The van der Waals surface area contributed by atoms with Crippen LogP contribution in [0, 0.1) is 6.92 Å². The highest BCUT2D eigenvalue weighted by molar-refractivity contribution is 7.18. The number of likely N-dealkylation sites (N-methyl/N-ethyl adjacent to an activating group) is 1. The van der Waals surface area contributed by atoms with Crippen molar-refractivity contribution in [2.75, 3.05) is 25.0 Å². The second-order valence-corrected chi connectivity index (χ2v) is 4.83. The number of rotatable bonds is 3. The minimum absolute atomic E-state index is 0.671. The van der Waals surface area contributed by atoms with Gasteiger partial charge in [-0.15, -0.1) is 11.3 Å². The lowest BCUT2D eigenvalue weighted by molar-refractivity contribution is 0.886. The molecule has 0 atom stereocenters. The Bertz CT molecular complexity index is 464. The first-order valence-electron chi connectivity index (χ1n) is 4.99. The Morgan fingerprint density at radius 2 is 2.27 bits per heavy atom. The average molecular weight is 221 g/mol. The Kier molecular flexibility index (Phi) is 2.88. The van der Waals surface area contributed by atoms with Crippen LogP contribution in [0.5, 0.6) is 0 Å². The summed E-state index contributed by atoms with van der Waals surface area (Å²) in [6.07, 6.45) is 0. The molecule has 0 aliphatic carbocycles. The van der Waals surface area contributed by atoms with E-state index >= 15 is 0 Å². The Labute approximate surface area is 93.5 Å². The van der Waals surface area contributed by atoms with Crippen LogP contribution < -0.4 is 10.6 Å². The Morgan fingerprint density at radius 3 is 3.00 bits per heavy atom. The second kappa shape index (κ2) is 4.16. The van der Waals surface area contributed by atoms with Crippen molar-refractivity contribution in [3.8, 4) is 0 Å². The van der Waals surface area contributed by atoms with Gasteiger partial charge in [-0.3, -0.25) is 0 Å². The molecule has 0 saturated heterocycles. The maximum atomic E-state index is 5.53. The van der Waals surface area contributed by atoms with Crippen molar-refractivity contribution in [1.82, 2.24) is 4.98 Å². The zero-order valence-electron chi connectivity index (χ0n) is 9.03. The lowest BCUT2D eigenvalue weighted by Gasteiger charge is -2.17. The Morgan fingerprint density at radius 1 is 1.47 bits per heavy atom. The van der Waals surface area contributed by atoms with E-state index in [1.807, 2.05) is 14.0 Å². The highest BCUT2D eigenvalue weighted by Crippen LogP contribution is 2.25. The van der Waals surface area contributed by atoms with Crippen LogP contribution in [0.1, 0.15) is 5.01 Å². The van der Waals surface area contributed by atoms with E-state index in [4.69, 9.17) is 5.73 Å². The van der Waals surface area contributed by atoms with Crippen molar-refractivity contribution in [2.24, 2.45) is 5.73 Å². The fourth-order valence-electron chi connectivity index (χ4n) is 1.59. The van der Waals surface area contributed by atoms with Gasteiger partial charge in [0.05, 0.1) is 15.2 Å². The summed E-state index contributed by atoms with van der Waals surface area (Å²) >= 11 is 1.73. The lowest BCUT2D eigenvalue weighted by atomic mass is 10.3. The molecule has 1 heterocycles. The fourth-order valence-corrected chi connectivity index (χ4v) is 2.40. The molecule has 0 bridgehead atoms. The summed E-state index contributed by atoms with van der Waals surface area (Å²) < 4.78 is 1.25. The molecule has 1 aromatic heterocycles. The molecule has 2 rings (SSSR count). The molecule has 2 N–H and O–H groups in total. The molecule has 0 amide bonds. The number of nitrogens with two attached hydrogens (primary N) is 1. The maximum Gasteiger partial charge on any atom is 0.0907 e. The molecule has 0 aliphatic heterocycles. The first-order valence-corrected chi connectivity index (χ1v) is 5.81. The maximum absolute atomic E-state index is 5.53. The van der Waals surface area contributed by atoms with Crippen molar-refractivity contribution >= 4 is 27.2 Å². The minimum Gasteiger partial charge on any atom is -0.373 e. The third kappa shape index (κ3) is 2.11. The zero-order valence-corrected chi connectivity index (χ0v) is 9.84. The summed E-state index contributed by atoms with van der Waals surface area (Å²) in [6, 6.07) is 6.37. The quantitative estimate of drug-likeness (QED) is 0.862. The number of aromatic nitrogens is 1. The predicted molar refractivity (Wildman–Crippen MR) is 66.7 cm³/mol. The molecule has 15 heavy (non-hydrogen) atoms. The van der Waals surface area contributed by atoms with E-state index in [0.717, 1.165) is 17.1 Å². The summed E-state index contributed by atoms with van der Waals surface area (Å²) in [5, 5.41) is 1.11. The van der Waals surface area contributed by atoms with Crippen LogP contribution in [0.15, 0.2) is 18.2 Å². The standard InChI is InChI=1S/C11H15N3S/c1-8-13-10-7-9(14(2)6-5-12)3-4-11(10)15-8/h3-4,7H,5-6,12H2,1-2H3. The zero-order chi connectivity index (χ0) is 10.8. The van der Waals surface area contributed by atoms with Gasteiger partial charge < -0.3 is 10.6 Å². The molecule has 0 fully saturated rings. The molecule has 0 saturated carbocycles. The van der Waals surface area contributed by atoms with Crippen LogP contribution in [0.2, 0.25) is 0 Å². The van der Waals surface area contributed by atoms with Crippen LogP contribution in [0.4, 0.5) is 5.69 Å². The average Bonchev–Trinajstić information content (AvgIpc) is 2.57. The van der Waals surface area contributed by atoms with E-state index in [-0.39, 0.29) is 0 Å². The number of thiazole rings is 1. The van der Waals surface area contributed by atoms with Crippen molar-refractivity contribution < 1.29 is 0 Å². The third-order valence-electron chi connectivity index (χ3n) is 2.38. The van der Waals surface area contributed by atoms with Gasteiger partial charge in [-0.1, -0.05) is 0 Å². The van der Waals surface area contributed by atoms with Crippen molar-refractivity contribution in [3.63, 3.8) is 0 Å². The molecule has 4 heteroatoms. The van der Waals surface area contributed by atoms with Gasteiger partial charge in [0.25, 0.3) is 0 Å². The molecule has 0 radical (unpaired) electrons. The number of aryl methyl sites for hydroxylation is 1. The van der Waals surface area contributed by atoms with Crippen LogP contribution in [0.3, 0.4) is 0 Å². The van der Waals surface area contributed by atoms with E-state index in [2.05, 4.69) is 28.1 Å². The summed E-state index contributed by atoms with van der Waals surface area (Å²) in [6.45, 7) is 3.58. The highest BCUT2D eigenvalue weighted by Gasteiger charge is 2.04. The van der Waals surface area contributed by atoms with E-state index in [9.17, 15) is 0 Å². The number of fused-ring (bicyclic) bond motifs is 1. The van der Waals surface area contributed by atoms with E-state index in [0.29, 0.717) is 6.54 Å². The SMILES string of the molecule is Cc1nc2cc(N(C)CCN)ccc2s1. The third-order valence-corrected chi connectivity index (χ3v) is 3.34. The van der Waals surface area contributed by atoms with Gasteiger partial charge in [-0.05, 0) is 25.1 Å². The lowest BCUT2D eigenvalue weighted by Crippen LogP contribution is -2.24. The second-order valence-electron chi connectivity index (χ2n) is 3.60. The van der Waals surface area contributed by atoms with Crippen molar-refractivity contribution in [1.29, 1.82) is 0 Å². The smallest absolute Gasteiger partial charge is 0.0907 e. The van der Waals surface area contributed by atoms with E-state index < -0.39 is 0 Å². The largest absolute Gasteiger partial charge is 0.373 e. The first-order chi connectivity index (χ1) is 7.20. The summed E-state index contributed by atoms with van der Waals surface area (Å²) in [4.78, 5) is 6.62.